The molecule has 7 nitrogen and oxygen atoms in total. The Labute approximate surface area is 122 Å². The summed E-state index contributed by atoms with van der Waals surface area (Å²) in [6.07, 6.45) is 0.673. The lowest BCUT2D eigenvalue weighted by molar-refractivity contribution is -0.141. The maximum absolute atomic E-state index is 12.4. The highest BCUT2D eigenvalue weighted by atomic mass is 16.3. The number of amides is 1. The Balaban J connectivity index is 1.70. The van der Waals surface area contributed by atoms with Crippen molar-refractivity contribution in [3.8, 4) is 0 Å². The van der Waals surface area contributed by atoms with E-state index in [1.165, 1.54) is 0 Å². The van der Waals surface area contributed by atoms with Crippen molar-refractivity contribution in [2.45, 2.75) is 24.9 Å². The van der Waals surface area contributed by atoms with Crippen LogP contribution in [0.2, 0.25) is 0 Å². The molecule has 1 aliphatic rings. The Bertz CT molecular complexity index is 587. The molecule has 1 amide bonds. The maximum atomic E-state index is 12.4. The number of carbonyl (C=O) groups excluding carboxylic acids is 1. The molecule has 0 saturated carbocycles. The predicted molar refractivity (Wildman–Crippen MR) is 74.1 cm³/mol. The summed E-state index contributed by atoms with van der Waals surface area (Å²) < 4.78 is 0. The van der Waals surface area contributed by atoms with Gasteiger partial charge in [0.1, 0.15) is 0 Å². The van der Waals surface area contributed by atoms with E-state index in [0.29, 0.717) is 24.5 Å². The molecule has 2 N–H and O–H groups in total. The number of H-pyrrole nitrogens is 1. The zero-order valence-electron chi connectivity index (χ0n) is 11.5. The summed E-state index contributed by atoms with van der Waals surface area (Å²) in [6, 6.07) is 8.98. The standard InChI is InChI=1S/C14H17N5O2/c20-12(10-5-2-1-3-6-10)14(21)19-8-4-7-11(9-19)13-15-17-18-16-13/h1-3,5-6,11-12,20H,4,7-9H2,(H,15,16,17,18). The second-order valence-electron chi connectivity index (χ2n) is 5.21. The molecule has 21 heavy (non-hydrogen) atoms. The van der Waals surface area contributed by atoms with Crippen LogP contribution in [0, 0.1) is 0 Å². The van der Waals surface area contributed by atoms with Crippen LogP contribution in [0.1, 0.15) is 36.3 Å². The second-order valence-corrected chi connectivity index (χ2v) is 5.21. The Morgan fingerprint density at radius 1 is 1.38 bits per heavy atom. The number of aromatic nitrogens is 4. The fraction of sp³-hybridized carbons (Fsp3) is 0.429. The minimum Gasteiger partial charge on any atom is -0.378 e. The van der Waals surface area contributed by atoms with Gasteiger partial charge in [-0.25, -0.2) is 0 Å². The first-order valence-electron chi connectivity index (χ1n) is 7.01. The van der Waals surface area contributed by atoms with Crippen LogP contribution in [-0.4, -0.2) is 49.6 Å². The number of nitrogens with zero attached hydrogens (tertiary/aromatic N) is 4. The molecule has 0 bridgehead atoms. The van der Waals surface area contributed by atoms with Crippen LogP contribution in [0.25, 0.3) is 0 Å². The molecule has 0 aliphatic carbocycles. The molecular formula is C14H17N5O2. The average molecular weight is 287 g/mol. The van der Waals surface area contributed by atoms with E-state index in [4.69, 9.17) is 0 Å². The summed E-state index contributed by atoms with van der Waals surface area (Å²) in [7, 11) is 0. The summed E-state index contributed by atoms with van der Waals surface area (Å²) in [5, 5.41) is 24.2. The molecule has 0 spiro atoms. The quantitative estimate of drug-likeness (QED) is 0.863. The van der Waals surface area contributed by atoms with E-state index in [9.17, 15) is 9.90 Å². The summed E-state index contributed by atoms with van der Waals surface area (Å²) in [5.41, 5.74) is 0.615. The van der Waals surface area contributed by atoms with Crippen LogP contribution in [0.3, 0.4) is 0 Å². The highest BCUT2D eigenvalue weighted by molar-refractivity contribution is 5.82. The molecule has 110 valence electrons. The monoisotopic (exact) mass is 287 g/mol. The lowest BCUT2D eigenvalue weighted by atomic mass is 9.96. The number of benzene rings is 1. The first-order valence-corrected chi connectivity index (χ1v) is 7.01. The van der Waals surface area contributed by atoms with E-state index in [2.05, 4.69) is 20.6 Å². The summed E-state index contributed by atoms with van der Waals surface area (Å²) in [5.74, 6) is 0.431. The predicted octanol–water partition coefficient (Wildman–Crippen LogP) is 0.639. The van der Waals surface area contributed by atoms with Crippen molar-refractivity contribution in [2.24, 2.45) is 0 Å². The van der Waals surface area contributed by atoms with E-state index in [-0.39, 0.29) is 11.8 Å². The lowest BCUT2D eigenvalue weighted by Crippen LogP contribution is -2.42. The number of rotatable bonds is 3. The molecule has 1 saturated heterocycles. The number of hydrogen-bond acceptors (Lipinski definition) is 5. The highest BCUT2D eigenvalue weighted by Crippen LogP contribution is 2.26. The third-order valence-electron chi connectivity index (χ3n) is 3.81. The van der Waals surface area contributed by atoms with Crippen LogP contribution < -0.4 is 0 Å². The Morgan fingerprint density at radius 2 is 2.19 bits per heavy atom. The number of carbonyl (C=O) groups is 1. The van der Waals surface area contributed by atoms with E-state index >= 15 is 0 Å². The summed E-state index contributed by atoms with van der Waals surface area (Å²) in [6.45, 7) is 1.17. The molecule has 2 heterocycles. The average Bonchev–Trinajstić information content (AvgIpc) is 3.09. The second kappa shape index (κ2) is 6.01. The van der Waals surface area contributed by atoms with E-state index in [1.54, 1.807) is 17.0 Å². The first-order chi connectivity index (χ1) is 10.3. The van der Waals surface area contributed by atoms with Gasteiger partial charge in [-0.2, -0.15) is 5.21 Å². The molecule has 2 atom stereocenters. The van der Waals surface area contributed by atoms with Crippen LogP contribution in [0.4, 0.5) is 0 Å². The minimum absolute atomic E-state index is 0.0735. The molecule has 2 unspecified atom stereocenters. The van der Waals surface area contributed by atoms with Gasteiger partial charge in [0, 0.05) is 19.0 Å². The molecule has 3 rings (SSSR count). The van der Waals surface area contributed by atoms with Gasteiger partial charge in [-0.15, -0.1) is 10.2 Å². The van der Waals surface area contributed by atoms with Crippen molar-refractivity contribution in [1.29, 1.82) is 0 Å². The van der Waals surface area contributed by atoms with Gasteiger partial charge < -0.3 is 10.0 Å². The first kappa shape index (κ1) is 13.7. The van der Waals surface area contributed by atoms with Crippen LogP contribution >= 0.6 is 0 Å². The van der Waals surface area contributed by atoms with Gasteiger partial charge in [-0.3, -0.25) is 4.79 Å². The number of aliphatic hydroxyl groups excluding tert-OH is 1. The molecule has 1 fully saturated rings. The fourth-order valence-electron chi connectivity index (χ4n) is 2.68. The topological polar surface area (TPSA) is 95.0 Å². The van der Waals surface area contributed by atoms with E-state index in [1.807, 2.05) is 18.2 Å². The van der Waals surface area contributed by atoms with Crippen LogP contribution in [0.15, 0.2) is 30.3 Å². The third-order valence-corrected chi connectivity index (χ3v) is 3.81. The zero-order chi connectivity index (χ0) is 14.7. The molecule has 1 aliphatic heterocycles. The number of likely N-dealkylation sites (tertiary alicyclic amines) is 1. The Kier molecular flexibility index (Phi) is 3.92. The molecule has 0 radical (unpaired) electrons. The van der Waals surface area contributed by atoms with Crippen molar-refractivity contribution in [2.75, 3.05) is 13.1 Å². The Hall–Kier alpha value is -2.28. The SMILES string of the molecule is O=C(C(O)c1ccccc1)N1CCCC(c2nn[nH]n2)C1. The van der Waals surface area contributed by atoms with Crippen LogP contribution in [-0.2, 0) is 4.79 Å². The maximum Gasteiger partial charge on any atom is 0.256 e. The summed E-state index contributed by atoms with van der Waals surface area (Å²) >= 11 is 0. The molecule has 7 heteroatoms. The molecular weight excluding hydrogens is 270 g/mol. The number of tetrazole rings is 1. The van der Waals surface area contributed by atoms with Crippen molar-refractivity contribution in [1.82, 2.24) is 25.5 Å². The molecule has 1 aromatic heterocycles. The van der Waals surface area contributed by atoms with Gasteiger partial charge >= 0.3 is 0 Å². The number of hydrogen-bond donors (Lipinski definition) is 2. The van der Waals surface area contributed by atoms with Gasteiger partial charge in [-0.05, 0) is 18.4 Å². The largest absolute Gasteiger partial charge is 0.378 e. The smallest absolute Gasteiger partial charge is 0.256 e. The van der Waals surface area contributed by atoms with Gasteiger partial charge in [0.25, 0.3) is 5.91 Å². The zero-order valence-corrected chi connectivity index (χ0v) is 11.5. The number of aliphatic hydroxyl groups is 1. The lowest BCUT2D eigenvalue weighted by Gasteiger charge is -2.32. The van der Waals surface area contributed by atoms with Crippen molar-refractivity contribution < 1.29 is 9.90 Å². The minimum atomic E-state index is -1.12. The number of piperidine rings is 1. The van der Waals surface area contributed by atoms with E-state index in [0.717, 1.165) is 12.8 Å². The van der Waals surface area contributed by atoms with Crippen LogP contribution in [0.5, 0.6) is 0 Å². The van der Waals surface area contributed by atoms with Crippen molar-refractivity contribution in [3.05, 3.63) is 41.7 Å². The van der Waals surface area contributed by atoms with Gasteiger partial charge in [0.05, 0.1) is 0 Å². The molecule has 1 aromatic carbocycles. The normalized spacial score (nSPS) is 20.2. The highest BCUT2D eigenvalue weighted by Gasteiger charge is 2.30. The fourth-order valence-corrected chi connectivity index (χ4v) is 2.68. The number of nitrogens with one attached hydrogen (secondary N) is 1. The Morgan fingerprint density at radius 3 is 2.90 bits per heavy atom. The van der Waals surface area contributed by atoms with Crippen molar-refractivity contribution >= 4 is 5.91 Å². The summed E-state index contributed by atoms with van der Waals surface area (Å²) in [4.78, 5) is 14.1. The van der Waals surface area contributed by atoms with Crippen molar-refractivity contribution in [3.63, 3.8) is 0 Å². The van der Waals surface area contributed by atoms with E-state index < -0.39 is 6.10 Å². The van der Waals surface area contributed by atoms with Gasteiger partial charge in [-0.1, -0.05) is 35.5 Å². The number of aromatic amines is 1. The third kappa shape index (κ3) is 2.92. The molecule has 2 aromatic rings. The van der Waals surface area contributed by atoms with Gasteiger partial charge in [0.2, 0.25) is 0 Å². The van der Waals surface area contributed by atoms with Gasteiger partial charge in [0.15, 0.2) is 11.9 Å².